The predicted molar refractivity (Wildman–Crippen MR) is 115 cm³/mol. The summed E-state index contributed by atoms with van der Waals surface area (Å²) >= 11 is 0. The van der Waals surface area contributed by atoms with E-state index in [2.05, 4.69) is 0 Å². The van der Waals surface area contributed by atoms with Crippen molar-refractivity contribution in [2.75, 3.05) is 27.3 Å². The third kappa shape index (κ3) is 4.19. The van der Waals surface area contributed by atoms with Gasteiger partial charge >= 0.3 is 5.97 Å². The summed E-state index contributed by atoms with van der Waals surface area (Å²) in [6, 6.07) is 12.5. The number of carbonyl (C=O) groups excluding carboxylic acids is 2. The van der Waals surface area contributed by atoms with E-state index in [9.17, 15) is 19.5 Å². The summed E-state index contributed by atoms with van der Waals surface area (Å²) in [7, 11) is 2.88. The first-order chi connectivity index (χ1) is 14.8. The smallest absolute Gasteiger partial charge is 0.324 e. The molecule has 0 fully saturated rings. The van der Waals surface area contributed by atoms with Gasteiger partial charge in [0.1, 0.15) is 0 Å². The van der Waals surface area contributed by atoms with Crippen LogP contribution in [0.2, 0.25) is 0 Å². The molecule has 0 aliphatic heterocycles. The van der Waals surface area contributed by atoms with Gasteiger partial charge < -0.3 is 25.2 Å². The Kier molecular flexibility index (Phi) is 7.63. The van der Waals surface area contributed by atoms with Gasteiger partial charge in [-0.3, -0.25) is 14.4 Å². The van der Waals surface area contributed by atoms with Crippen molar-refractivity contribution < 1.29 is 29.0 Å². The molecule has 2 rings (SSSR count). The van der Waals surface area contributed by atoms with Crippen molar-refractivity contribution >= 4 is 17.8 Å². The van der Waals surface area contributed by atoms with Gasteiger partial charge in [0.15, 0.2) is 16.9 Å². The molecule has 0 radical (unpaired) electrons. The zero-order valence-corrected chi connectivity index (χ0v) is 18.1. The predicted octanol–water partition coefficient (Wildman–Crippen LogP) is 2.16. The number of nitrogens with two attached hydrogens (primary N) is 1. The molecule has 2 aromatic rings. The number of benzene rings is 2. The molecule has 2 amide bonds. The van der Waals surface area contributed by atoms with Crippen LogP contribution in [0.25, 0.3) is 0 Å². The maximum Gasteiger partial charge on any atom is 0.324 e. The molecule has 0 spiro atoms. The van der Waals surface area contributed by atoms with E-state index in [-0.39, 0.29) is 30.0 Å². The highest BCUT2D eigenvalue weighted by atomic mass is 16.5. The van der Waals surface area contributed by atoms with Crippen LogP contribution in [0.5, 0.6) is 11.5 Å². The van der Waals surface area contributed by atoms with Gasteiger partial charge in [0, 0.05) is 13.1 Å². The van der Waals surface area contributed by atoms with Gasteiger partial charge in [-0.2, -0.15) is 0 Å². The fourth-order valence-corrected chi connectivity index (χ4v) is 3.87. The molecule has 2 atom stereocenters. The molecule has 0 aromatic heterocycles. The quantitative estimate of drug-likeness (QED) is 0.560. The Bertz CT molecular complexity index is 942. The van der Waals surface area contributed by atoms with Gasteiger partial charge in [-0.05, 0) is 37.1 Å². The van der Waals surface area contributed by atoms with Crippen molar-refractivity contribution in [3.63, 3.8) is 0 Å². The second-order valence-electron chi connectivity index (χ2n) is 6.91. The van der Waals surface area contributed by atoms with Crippen LogP contribution in [-0.4, -0.2) is 55.1 Å². The lowest BCUT2D eigenvalue weighted by molar-refractivity contribution is -0.157. The summed E-state index contributed by atoms with van der Waals surface area (Å²) in [5, 5.41) is 10.5. The van der Waals surface area contributed by atoms with E-state index in [4.69, 9.17) is 15.2 Å². The molecule has 2 unspecified atom stereocenters. The molecule has 2 aromatic carbocycles. The lowest BCUT2D eigenvalue weighted by Gasteiger charge is -2.38. The van der Waals surface area contributed by atoms with Crippen molar-refractivity contribution in [2.24, 2.45) is 5.73 Å². The third-order valence-corrected chi connectivity index (χ3v) is 5.41. The number of carboxylic acid groups (broad SMARTS) is 1. The number of amides is 2. The first-order valence-electron chi connectivity index (χ1n) is 9.88. The number of aliphatic carboxylic acids is 1. The molecule has 0 bridgehead atoms. The lowest BCUT2D eigenvalue weighted by Crippen LogP contribution is -2.58. The van der Waals surface area contributed by atoms with Crippen molar-refractivity contribution in [1.82, 2.24) is 4.90 Å². The van der Waals surface area contributed by atoms with E-state index in [0.29, 0.717) is 5.75 Å². The first-order valence-corrected chi connectivity index (χ1v) is 9.88. The van der Waals surface area contributed by atoms with Crippen LogP contribution in [0.3, 0.4) is 0 Å². The van der Waals surface area contributed by atoms with Crippen LogP contribution < -0.4 is 15.2 Å². The van der Waals surface area contributed by atoms with Crippen LogP contribution in [0.1, 0.15) is 30.9 Å². The second-order valence-corrected chi connectivity index (χ2v) is 6.91. The summed E-state index contributed by atoms with van der Waals surface area (Å²) in [6.07, 6.45) is 0. The van der Waals surface area contributed by atoms with Crippen molar-refractivity contribution in [2.45, 2.75) is 25.2 Å². The van der Waals surface area contributed by atoms with Gasteiger partial charge in [0.2, 0.25) is 11.8 Å². The monoisotopic (exact) mass is 428 g/mol. The molecule has 0 aliphatic carbocycles. The number of ether oxygens (including phenoxy) is 2. The summed E-state index contributed by atoms with van der Waals surface area (Å²) in [6.45, 7) is 4.03. The van der Waals surface area contributed by atoms with E-state index >= 15 is 0 Å². The molecule has 166 valence electrons. The van der Waals surface area contributed by atoms with Crippen molar-refractivity contribution in [3.05, 3.63) is 59.7 Å². The molecule has 31 heavy (non-hydrogen) atoms. The molecule has 8 heteroatoms. The Hall–Kier alpha value is -3.55. The minimum absolute atomic E-state index is 0.165. The number of carboxylic acids is 1. The van der Waals surface area contributed by atoms with E-state index < -0.39 is 29.1 Å². The van der Waals surface area contributed by atoms with E-state index in [1.54, 1.807) is 38.1 Å². The number of likely N-dealkylation sites (N-methyl/N-ethyl adjacent to an activating group) is 1. The van der Waals surface area contributed by atoms with Crippen LogP contribution in [0.4, 0.5) is 0 Å². The number of hydrogen-bond acceptors (Lipinski definition) is 5. The Balaban J connectivity index is 2.92. The highest BCUT2D eigenvalue weighted by Gasteiger charge is 2.58. The Morgan fingerprint density at radius 1 is 1.00 bits per heavy atom. The highest BCUT2D eigenvalue weighted by Crippen LogP contribution is 2.43. The fraction of sp³-hybridized carbons (Fsp3) is 0.348. The van der Waals surface area contributed by atoms with Gasteiger partial charge in [-0.25, -0.2) is 0 Å². The number of carbonyl (C=O) groups is 3. The summed E-state index contributed by atoms with van der Waals surface area (Å²) in [5.74, 6) is -3.94. The maximum absolute atomic E-state index is 13.7. The van der Waals surface area contributed by atoms with Crippen LogP contribution in [-0.2, 0) is 19.8 Å². The molecule has 0 aliphatic rings. The molecule has 8 nitrogen and oxygen atoms in total. The largest absolute Gasteiger partial charge is 0.493 e. The average Bonchev–Trinajstić information content (AvgIpc) is 2.77. The average molecular weight is 428 g/mol. The molecule has 3 N–H and O–H groups in total. The Labute approximate surface area is 181 Å². The van der Waals surface area contributed by atoms with Gasteiger partial charge in [-0.1, -0.05) is 36.4 Å². The van der Waals surface area contributed by atoms with Gasteiger partial charge in [0.05, 0.1) is 20.1 Å². The minimum Gasteiger partial charge on any atom is -0.493 e. The van der Waals surface area contributed by atoms with E-state index in [0.717, 1.165) is 0 Å². The van der Waals surface area contributed by atoms with Gasteiger partial charge in [-0.15, -0.1) is 0 Å². The van der Waals surface area contributed by atoms with Crippen LogP contribution in [0.15, 0.2) is 48.5 Å². The number of methoxy groups -OCH3 is 2. The Morgan fingerprint density at radius 3 is 2.03 bits per heavy atom. The summed E-state index contributed by atoms with van der Waals surface area (Å²) in [5.41, 5.74) is 3.90. The minimum atomic E-state index is -2.27. The summed E-state index contributed by atoms with van der Waals surface area (Å²) in [4.78, 5) is 40.8. The molecule has 0 saturated heterocycles. The fourth-order valence-electron chi connectivity index (χ4n) is 3.87. The van der Waals surface area contributed by atoms with Crippen molar-refractivity contribution in [1.29, 1.82) is 0 Å². The number of nitrogens with zero attached hydrogens (tertiary/aromatic N) is 1. The number of hydrogen-bond donors (Lipinski definition) is 2. The normalized spacial score (nSPS) is 13.5. The zero-order valence-electron chi connectivity index (χ0n) is 18.1. The zero-order chi connectivity index (χ0) is 23.2. The SMILES string of the molecule is CCN(CC)C(=O)C(C(=O)O)(c1ccccc1)C(C(N)=O)c1ccc(OC)c(OC)c1. The lowest BCUT2D eigenvalue weighted by atomic mass is 9.66. The number of rotatable bonds is 10. The number of primary amides is 1. The molecule has 0 heterocycles. The van der Waals surface area contributed by atoms with E-state index in [1.165, 1.54) is 43.4 Å². The summed E-state index contributed by atoms with van der Waals surface area (Å²) < 4.78 is 10.6. The second kappa shape index (κ2) is 9.97. The molecular formula is C23H28N2O6. The molecule has 0 saturated carbocycles. The Morgan fingerprint density at radius 2 is 1.58 bits per heavy atom. The standard InChI is InChI=1S/C23H28N2O6/c1-5-25(6-2)21(27)23(22(28)29,16-10-8-7-9-11-16)19(20(24)26)15-12-13-17(30-3)18(14-15)31-4/h7-14,19H,5-6H2,1-4H3,(H2,24,26)(H,28,29). The maximum atomic E-state index is 13.7. The van der Waals surface area contributed by atoms with Crippen LogP contribution in [0, 0.1) is 0 Å². The van der Waals surface area contributed by atoms with Crippen LogP contribution >= 0.6 is 0 Å². The molecular weight excluding hydrogens is 400 g/mol. The van der Waals surface area contributed by atoms with Gasteiger partial charge in [0.25, 0.3) is 0 Å². The third-order valence-electron chi connectivity index (χ3n) is 5.41. The van der Waals surface area contributed by atoms with Crippen molar-refractivity contribution in [3.8, 4) is 11.5 Å². The first kappa shape index (κ1) is 23.7. The van der Waals surface area contributed by atoms with E-state index in [1.807, 2.05) is 0 Å². The highest BCUT2D eigenvalue weighted by molar-refractivity contribution is 6.13. The topological polar surface area (TPSA) is 119 Å².